The van der Waals surface area contributed by atoms with Crippen LogP contribution in [0.15, 0.2) is 6.07 Å². The zero-order valence-corrected chi connectivity index (χ0v) is 8.00. The Balaban J connectivity index is 3.47. The zero-order valence-electron chi connectivity index (χ0n) is 7.24. The third kappa shape index (κ3) is 1.54. The topological polar surface area (TPSA) is 92.8 Å². The molecule has 0 aliphatic rings. The average molecular weight is 218 g/mol. The van der Waals surface area contributed by atoms with Gasteiger partial charge in [-0.15, -0.1) is 0 Å². The van der Waals surface area contributed by atoms with Gasteiger partial charge in [0.25, 0.3) is 0 Å². The molecule has 0 heterocycles. The molecule has 1 rings (SSSR count). The number of benzene rings is 1. The smallest absolute Gasteiger partial charge is 0.337 e. The number of hydrogen-bond acceptors (Lipinski definition) is 4. The van der Waals surface area contributed by atoms with Crippen LogP contribution in [0.5, 0.6) is 11.5 Å². The maximum atomic E-state index is 10.6. The molecule has 0 aliphatic carbocycles. The van der Waals surface area contributed by atoms with Gasteiger partial charge in [-0.1, -0.05) is 11.6 Å². The second-order valence-corrected chi connectivity index (χ2v) is 2.89. The number of carboxylic acid groups (broad SMARTS) is 1. The summed E-state index contributed by atoms with van der Waals surface area (Å²) in [7, 11) is 1.29. The van der Waals surface area contributed by atoms with E-state index < -0.39 is 5.97 Å². The van der Waals surface area contributed by atoms with E-state index in [1.807, 2.05) is 0 Å². The summed E-state index contributed by atoms with van der Waals surface area (Å²) in [6.45, 7) is 0. The number of aromatic carboxylic acids is 1. The van der Waals surface area contributed by atoms with Gasteiger partial charge in [0.15, 0.2) is 11.5 Å². The lowest BCUT2D eigenvalue weighted by molar-refractivity contribution is 0.0696. The standard InChI is InChI=1S/C8H8ClNO4/c1-14-7-4(11)2-3(8(12)13)5(9)6(7)10/h2,11H,10H2,1H3,(H,12,13). The summed E-state index contributed by atoms with van der Waals surface area (Å²) in [5.74, 6) is -1.65. The zero-order chi connectivity index (χ0) is 10.9. The van der Waals surface area contributed by atoms with Crippen molar-refractivity contribution in [3.05, 3.63) is 16.7 Å². The Labute approximate surface area is 84.7 Å². The Kier molecular flexibility index (Phi) is 2.71. The van der Waals surface area contributed by atoms with E-state index >= 15 is 0 Å². The van der Waals surface area contributed by atoms with Crippen molar-refractivity contribution in [2.75, 3.05) is 12.8 Å². The highest BCUT2D eigenvalue weighted by Crippen LogP contribution is 2.39. The van der Waals surface area contributed by atoms with Crippen LogP contribution in [0, 0.1) is 0 Å². The first-order chi connectivity index (χ1) is 6.49. The van der Waals surface area contributed by atoms with Crippen molar-refractivity contribution in [1.82, 2.24) is 0 Å². The van der Waals surface area contributed by atoms with Crippen LogP contribution < -0.4 is 10.5 Å². The van der Waals surface area contributed by atoms with E-state index in [2.05, 4.69) is 0 Å². The molecule has 0 atom stereocenters. The van der Waals surface area contributed by atoms with E-state index in [4.69, 9.17) is 27.2 Å². The van der Waals surface area contributed by atoms with Gasteiger partial charge in [0, 0.05) is 0 Å². The Morgan fingerprint density at radius 3 is 2.64 bits per heavy atom. The number of nitrogens with two attached hydrogens (primary N) is 1. The quantitative estimate of drug-likeness (QED) is 0.650. The predicted molar refractivity (Wildman–Crippen MR) is 51.0 cm³/mol. The molecule has 6 heteroatoms. The Bertz CT molecular complexity index is 391. The van der Waals surface area contributed by atoms with Crippen LogP contribution in [-0.2, 0) is 0 Å². The number of anilines is 1. The van der Waals surface area contributed by atoms with Crippen molar-refractivity contribution in [2.24, 2.45) is 0 Å². The van der Waals surface area contributed by atoms with Crippen LogP contribution in [0.4, 0.5) is 5.69 Å². The summed E-state index contributed by atoms with van der Waals surface area (Å²) in [5, 5.41) is 17.9. The number of carbonyl (C=O) groups is 1. The molecule has 0 aromatic heterocycles. The third-order valence-electron chi connectivity index (χ3n) is 1.67. The minimum atomic E-state index is -1.26. The molecule has 0 unspecified atom stereocenters. The van der Waals surface area contributed by atoms with Gasteiger partial charge in [-0.2, -0.15) is 0 Å². The van der Waals surface area contributed by atoms with E-state index in [1.165, 1.54) is 7.11 Å². The highest BCUT2D eigenvalue weighted by atomic mass is 35.5. The monoisotopic (exact) mass is 217 g/mol. The number of hydrogen-bond donors (Lipinski definition) is 3. The lowest BCUT2D eigenvalue weighted by atomic mass is 10.1. The second-order valence-electron chi connectivity index (χ2n) is 2.51. The first kappa shape index (κ1) is 10.5. The molecule has 1 aromatic carbocycles. The average Bonchev–Trinajstić information content (AvgIpc) is 2.12. The van der Waals surface area contributed by atoms with E-state index in [0.29, 0.717) is 0 Å². The maximum Gasteiger partial charge on any atom is 0.337 e. The molecule has 0 radical (unpaired) electrons. The van der Waals surface area contributed by atoms with Crippen molar-refractivity contribution in [1.29, 1.82) is 0 Å². The van der Waals surface area contributed by atoms with Crippen molar-refractivity contribution in [2.45, 2.75) is 0 Å². The normalized spacial score (nSPS) is 9.86. The van der Waals surface area contributed by atoms with Crippen molar-refractivity contribution < 1.29 is 19.7 Å². The first-order valence-electron chi connectivity index (χ1n) is 3.57. The van der Waals surface area contributed by atoms with Gasteiger partial charge in [-0.3, -0.25) is 0 Å². The van der Waals surface area contributed by atoms with E-state index in [1.54, 1.807) is 0 Å². The van der Waals surface area contributed by atoms with Gasteiger partial charge < -0.3 is 20.7 Å². The molecule has 0 spiro atoms. The molecule has 0 fully saturated rings. The van der Waals surface area contributed by atoms with Crippen molar-refractivity contribution >= 4 is 23.3 Å². The summed E-state index contributed by atoms with van der Waals surface area (Å²) in [5.41, 5.74) is 5.10. The summed E-state index contributed by atoms with van der Waals surface area (Å²) in [6.07, 6.45) is 0. The fourth-order valence-electron chi connectivity index (χ4n) is 1.02. The molecule has 5 nitrogen and oxygen atoms in total. The van der Waals surface area contributed by atoms with Crippen molar-refractivity contribution in [3.63, 3.8) is 0 Å². The molecule has 4 N–H and O–H groups in total. The summed E-state index contributed by atoms with van der Waals surface area (Å²) in [6, 6.07) is 0.986. The molecular formula is C8H8ClNO4. The second kappa shape index (κ2) is 3.63. The van der Waals surface area contributed by atoms with E-state index in [-0.39, 0.29) is 27.8 Å². The highest BCUT2D eigenvalue weighted by Gasteiger charge is 2.18. The molecule has 0 amide bonds. The predicted octanol–water partition coefficient (Wildman–Crippen LogP) is 1.33. The summed E-state index contributed by atoms with van der Waals surface area (Å²) < 4.78 is 4.74. The number of phenolic OH excluding ortho intramolecular Hbond substituents is 1. The van der Waals surface area contributed by atoms with E-state index in [9.17, 15) is 9.90 Å². The van der Waals surface area contributed by atoms with Gasteiger partial charge in [0.2, 0.25) is 0 Å². The molecule has 0 bridgehead atoms. The van der Waals surface area contributed by atoms with Crippen LogP contribution in [0.25, 0.3) is 0 Å². The van der Waals surface area contributed by atoms with Crippen molar-refractivity contribution in [3.8, 4) is 11.5 Å². The molecule has 14 heavy (non-hydrogen) atoms. The fraction of sp³-hybridized carbons (Fsp3) is 0.125. The number of nitrogen functional groups attached to an aromatic ring is 1. The highest BCUT2D eigenvalue weighted by molar-refractivity contribution is 6.36. The van der Waals surface area contributed by atoms with Crippen LogP contribution in [0.3, 0.4) is 0 Å². The van der Waals surface area contributed by atoms with Crippen LogP contribution >= 0.6 is 11.6 Å². The molecule has 1 aromatic rings. The molecule has 0 saturated heterocycles. The van der Waals surface area contributed by atoms with Crippen LogP contribution in [-0.4, -0.2) is 23.3 Å². The third-order valence-corrected chi connectivity index (χ3v) is 2.07. The lowest BCUT2D eigenvalue weighted by Gasteiger charge is -2.10. The lowest BCUT2D eigenvalue weighted by Crippen LogP contribution is -2.02. The first-order valence-corrected chi connectivity index (χ1v) is 3.95. The molecule has 0 aliphatic heterocycles. The van der Waals surface area contributed by atoms with Gasteiger partial charge >= 0.3 is 5.97 Å². The van der Waals surface area contributed by atoms with E-state index in [0.717, 1.165) is 6.07 Å². The number of rotatable bonds is 2. The number of phenols is 1. The van der Waals surface area contributed by atoms with Gasteiger partial charge in [0.05, 0.1) is 23.4 Å². The maximum absolute atomic E-state index is 10.6. The Morgan fingerprint density at radius 1 is 1.64 bits per heavy atom. The molecule has 76 valence electrons. The van der Waals surface area contributed by atoms with Crippen LogP contribution in [0.1, 0.15) is 10.4 Å². The number of halogens is 1. The Morgan fingerprint density at radius 2 is 2.21 bits per heavy atom. The SMILES string of the molecule is COc1c(O)cc(C(=O)O)c(Cl)c1N. The largest absolute Gasteiger partial charge is 0.504 e. The fourth-order valence-corrected chi connectivity index (χ4v) is 1.24. The number of carboxylic acids is 1. The number of methoxy groups -OCH3 is 1. The van der Waals surface area contributed by atoms with Gasteiger partial charge in [-0.05, 0) is 6.07 Å². The van der Waals surface area contributed by atoms with Crippen LogP contribution in [0.2, 0.25) is 5.02 Å². The van der Waals surface area contributed by atoms with Gasteiger partial charge in [0.1, 0.15) is 0 Å². The minimum Gasteiger partial charge on any atom is -0.504 e. The molecule has 0 saturated carbocycles. The minimum absolute atomic E-state index is 0.0278. The summed E-state index contributed by atoms with van der Waals surface area (Å²) >= 11 is 5.65. The number of aromatic hydroxyl groups is 1. The molecular weight excluding hydrogens is 210 g/mol. The summed E-state index contributed by atoms with van der Waals surface area (Å²) in [4.78, 5) is 10.6. The number of ether oxygens (including phenoxy) is 1. The Hall–Kier alpha value is -1.62. The van der Waals surface area contributed by atoms with Gasteiger partial charge in [-0.25, -0.2) is 4.79 Å².